The Labute approximate surface area is 99.5 Å². The number of hydrogen-bond donors (Lipinski definition) is 3. The smallest absolute Gasteiger partial charge is 0.168 e. The average Bonchev–Trinajstić information content (AvgIpc) is 2.65. The minimum absolute atomic E-state index is 0.0185. The van der Waals surface area contributed by atoms with Gasteiger partial charge in [0.25, 0.3) is 0 Å². The summed E-state index contributed by atoms with van der Waals surface area (Å²) in [5.41, 5.74) is 6.19. The molecule has 0 aliphatic carbocycles. The number of aromatic hydroxyl groups is 2. The van der Waals surface area contributed by atoms with E-state index < -0.39 is 11.6 Å². The molecule has 4 nitrogen and oxygen atoms in total. The number of nitrogens with two attached hydrogens (primary N) is 1. The van der Waals surface area contributed by atoms with Crippen LogP contribution in [0, 0.1) is 11.7 Å². The SMILES string of the molecule is CN1CC(CN)CC1c1cc(O)c(F)cc1O. The van der Waals surface area contributed by atoms with Gasteiger partial charge in [-0.2, -0.15) is 0 Å². The van der Waals surface area contributed by atoms with E-state index in [4.69, 9.17) is 5.73 Å². The Hall–Kier alpha value is -1.33. The fraction of sp³-hybridized carbons (Fsp3) is 0.500. The van der Waals surface area contributed by atoms with E-state index >= 15 is 0 Å². The van der Waals surface area contributed by atoms with Crippen LogP contribution in [0.25, 0.3) is 0 Å². The Morgan fingerprint density at radius 3 is 2.71 bits per heavy atom. The van der Waals surface area contributed by atoms with Crippen molar-refractivity contribution in [3.63, 3.8) is 0 Å². The van der Waals surface area contributed by atoms with Crippen LogP contribution < -0.4 is 5.73 Å². The van der Waals surface area contributed by atoms with Gasteiger partial charge in [-0.3, -0.25) is 4.90 Å². The minimum atomic E-state index is -0.803. The standard InChI is InChI=1S/C12H17FN2O2/c1-15-6-7(5-14)2-10(15)8-3-12(17)9(13)4-11(8)16/h3-4,7,10,16-17H,2,5-6,14H2,1H3. The normalized spacial score (nSPS) is 25.4. The molecule has 2 unspecified atom stereocenters. The Bertz CT molecular complexity index is 425. The van der Waals surface area contributed by atoms with Crippen molar-refractivity contribution in [3.05, 3.63) is 23.5 Å². The predicted octanol–water partition coefficient (Wildman–Crippen LogP) is 1.19. The lowest BCUT2D eigenvalue weighted by molar-refractivity contribution is 0.303. The number of likely N-dealkylation sites (tertiary alicyclic amines) is 1. The summed E-state index contributed by atoms with van der Waals surface area (Å²) in [7, 11) is 1.93. The van der Waals surface area contributed by atoms with Crippen LogP contribution in [0.15, 0.2) is 12.1 Å². The molecule has 0 aromatic heterocycles. The van der Waals surface area contributed by atoms with Crippen molar-refractivity contribution >= 4 is 0 Å². The van der Waals surface area contributed by atoms with Crippen LogP contribution in [0.4, 0.5) is 4.39 Å². The molecule has 2 atom stereocenters. The molecule has 1 fully saturated rings. The summed E-state index contributed by atoms with van der Waals surface area (Å²) in [5, 5.41) is 19.1. The number of nitrogens with zero attached hydrogens (tertiary/aromatic N) is 1. The van der Waals surface area contributed by atoms with Gasteiger partial charge in [-0.25, -0.2) is 4.39 Å². The molecule has 1 aliphatic heterocycles. The summed E-state index contributed by atoms with van der Waals surface area (Å²) in [6, 6.07) is 2.23. The average molecular weight is 240 g/mol. The molecular formula is C12H17FN2O2. The maximum atomic E-state index is 13.0. The first-order valence-electron chi connectivity index (χ1n) is 5.64. The van der Waals surface area contributed by atoms with Gasteiger partial charge in [-0.15, -0.1) is 0 Å². The molecule has 17 heavy (non-hydrogen) atoms. The molecule has 94 valence electrons. The number of rotatable bonds is 2. The van der Waals surface area contributed by atoms with Crippen molar-refractivity contribution in [2.24, 2.45) is 11.7 Å². The van der Waals surface area contributed by atoms with Gasteiger partial charge < -0.3 is 15.9 Å². The lowest BCUT2D eigenvalue weighted by Gasteiger charge is -2.20. The molecule has 0 amide bonds. The largest absolute Gasteiger partial charge is 0.507 e. The van der Waals surface area contributed by atoms with E-state index in [1.807, 2.05) is 7.05 Å². The minimum Gasteiger partial charge on any atom is -0.507 e. The van der Waals surface area contributed by atoms with E-state index in [-0.39, 0.29) is 11.8 Å². The first-order chi connectivity index (χ1) is 8.02. The summed E-state index contributed by atoms with van der Waals surface area (Å²) in [4.78, 5) is 2.06. The predicted molar refractivity (Wildman–Crippen MR) is 62.3 cm³/mol. The molecule has 0 saturated carbocycles. The molecule has 1 aromatic carbocycles. The van der Waals surface area contributed by atoms with Crippen molar-refractivity contribution in [3.8, 4) is 11.5 Å². The topological polar surface area (TPSA) is 69.7 Å². The van der Waals surface area contributed by atoms with Gasteiger partial charge in [-0.1, -0.05) is 0 Å². The van der Waals surface area contributed by atoms with E-state index in [0.29, 0.717) is 18.0 Å². The van der Waals surface area contributed by atoms with Gasteiger partial charge >= 0.3 is 0 Å². The van der Waals surface area contributed by atoms with Gasteiger partial charge in [0.2, 0.25) is 0 Å². The third-order valence-electron chi connectivity index (χ3n) is 3.42. The monoisotopic (exact) mass is 240 g/mol. The van der Waals surface area contributed by atoms with Crippen LogP contribution >= 0.6 is 0 Å². The second-order valence-corrected chi connectivity index (χ2v) is 4.66. The number of halogens is 1. The molecule has 0 bridgehead atoms. The Morgan fingerprint density at radius 2 is 2.12 bits per heavy atom. The zero-order chi connectivity index (χ0) is 12.6. The van der Waals surface area contributed by atoms with Gasteiger partial charge in [0.15, 0.2) is 11.6 Å². The highest BCUT2D eigenvalue weighted by molar-refractivity contribution is 5.42. The van der Waals surface area contributed by atoms with E-state index in [1.54, 1.807) is 0 Å². The second-order valence-electron chi connectivity index (χ2n) is 4.66. The van der Waals surface area contributed by atoms with Gasteiger partial charge in [-0.05, 0) is 32.0 Å². The summed E-state index contributed by atoms with van der Waals surface area (Å²) < 4.78 is 13.0. The Kier molecular flexibility index (Phi) is 3.22. The maximum absolute atomic E-state index is 13.0. The zero-order valence-corrected chi connectivity index (χ0v) is 9.73. The molecule has 1 aromatic rings. The third-order valence-corrected chi connectivity index (χ3v) is 3.42. The molecule has 4 N–H and O–H groups in total. The first kappa shape index (κ1) is 12.1. The Balaban J connectivity index is 2.31. The summed E-state index contributed by atoms with van der Waals surface area (Å²) >= 11 is 0. The molecule has 0 spiro atoms. The number of benzene rings is 1. The van der Waals surface area contributed by atoms with E-state index in [2.05, 4.69) is 4.90 Å². The lowest BCUT2D eigenvalue weighted by atomic mass is 9.99. The van der Waals surface area contributed by atoms with Crippen LogP contribution in [0.2, 0.25) is 0 Å². The van der Waals surface area contributed by atoms with Crippen LogP contribution in [0.1, 0.15) is 18.0 Å². The van der Waals surface area contributed by atoms with E-state index in [9.17, 15) is 14.6 Å². The first-order valence-corrected chi connectivity index (χ1v) is 5.64. The molecule has 1 heterocycles. The fourth-order valence-corrected chi connectivity index (χ4v) is 2.47. The van der Waals surface area contributed by atoms with Crippen molar-refractivity contribution in [1.82, 2.24) is 4.90 Å². The fourth-order valence-electron chi connectivity index (χ4n) is 2.47. The van der Waals surface area contributed by atoms with Crippen LogP contribution in [0.5, 0.6) is 11.5 Å². The molecule has 5 heteroatoms. The summed E-state index contributed by atoms with van der Waals surface area (Å²) in [6.45, 7) is 1.44. The molecule has 1 saturated heterocycles. The van der Waals surface area contributed by atoms with Gasteiger partial charge in [0.05, 0.1) is 0 Å². The summed E-state index contributed by atoms with van der Waals surface area (Å²) in [5.74, 6) is -0.976. The van der Waals surface area contributed by atoms with Crippen molar-refractivity contribution in [2.75, 3.05) is 20.1 Å². The van der Waals surface area contributed by atoms with Crippen molar-refractivity contribution < 1.29 is 14.6 Å². The van der Waals surface area contributed by atoms with E-state index in [0.717, 1.165) is 19.0 Å². The van der Waals surface area contributed by atoms with Crippen molar-refractivity contribution in [1.29, 1.82) is 0 Å². The second kappa shape index (κ2) is 4.50. The lowest BCUT2D eigenvalue weighted by Crippen LogP contribution is -2.20. The quantitative estimate of drug-likeness (QED) is 0.679. The van der Waals surface area contributed by atoms with Crippen molar-refractivity contribution in [2.45, 2.75) is 12.5 Å². The number of phenols is 2. The van der Waals surface area contributed by atoms with Gasteiger partial charge in [0.1, 0.15) is 5.75 Å². The zero-order valence-electron chi connectivity index (χ0n) is 9.73. The summed E-state index contributed by atoms with van der Waals surface area (Å²) in [6.07, 6.45) is 0.811. The third kappa shape index (κ3) is 2.21. The molecular weight excluding hydrogens is 223 g/mol. The van der Waals surface area contributed by atoms with Crippen LogP contribution in [-0.4, -0.2) is 35.3 Å². The maximum Gasteiger partial charge on any atom is 0.168 e. The molecule has 1 aliphatic rings. The Morgan fingerprint density at radius 1 is 1.41 bits per heavy atom. The number of phenolic OH excluding ortho intramolecular Hbond substituents is 2. The number of hydrogen-bond acceptors (Lipinski definition) is 4. The molecule has 2 rings (SSSR count). The molecule has 0 radical (unpaired) electrons. The van der Waals surface area contributed by atoms with Crippen LogP contribution in [-0.2, 0) is 0 Å². The van der Waals surface area contributed by atoms with Gasteiger partial charge in [0, 0.05) is 24.2 Å². The highest BCUT2D eigenvalue weighted by atomic mass is 19.1. The highest BCUT2D eigenvalue weighted by Crippen LogP contribution is 2.39. The van der Waals surface area contributed by atoms with Crippen LogP contribution in [0.3, 0.4) is 0 Å². The highest BCUT2D eigenvalue weighted by Gasteiger charge is 2.31. The van der Waals surface area contributed by atoms with E-state index in [1.165, 1.54) is 6.07 Å².